The van der Waals surface area contributed by atoms with Crippen LogP contribution < -0.4 is 34.5 Å². The molecule has 0 spiro atoms. The minimum Gasteiger partial charge on any atom is -0.508 e. The average Bonchev–Trinajstić information content (AvgIpc) is 1.67. The van der Waals surface area contributed by atoms with Crippen molar-refractivity contribution in [2.75, 3.05) is 47.9 Å². The molecular weight excluding hydrogens is 1180 g/mol. The first kappa shape index (κ1) is 65.0. The number of aliphatic hydroxyl groups is 2. The molecule has 9 heterocycles. The van der Waals surface area contributed by atoms with Crippen molar-refractivity contribution < 1.29 is 70.5 Å². The zero-order valence-electron chi connectivity index (χ0n) is 49.8. The Morgan fingerprint density at radius 3 is 1.98 bits per heavy atom. The van der Waals surface area contributed by atoms with Crippen LogP contribution in [0.25, 0.3) is 93.1 Å². The van der Waals surface area contributed by atoms with Crippen LogP contribution in [-0.2, 0) is 17.9 Å². The summed E-state index contributed by atoms with van der Waals surface area (Å²) in [6.07, 6.45) is 10.8. The number of dihydropyridines is 1. The Morgan fingerprint density at radius 1 is 0.798 bits per heavy atom. The minimum atomic E-state index is -1.10. The number of aromatic hydroxyl groups is 1. The second-order valence-corrected chi connectivity index (χ2v) is 22.0. The van der Waals surface area contributed by atoms with Gasteiger partial charge in [0.05, 0.1) is 81.5 Å². The monoisotopic (exact) mass is 1240 g/mol. The van der Waals surface area contributed by atoms with Crippen molar-refractivity contribution in [2.24, 2.45) is 0 Å². The van der Waals surface area contributed by atoms with E-state index in [9.17, 15) is 24.6 Å². The number of pyridine rings is 3. The van der Waals surface area contributed by atoms with Gasteiger partial charge in [-0.25, -0.2) is 28.5 Å². The van der Waals surface area contributed by atoms with E-state index in [1.807, 2.05) is 50.1 Å². The van der Waals surface area contributed by atoms with Gasteiger partial charge >= 0.3 is 30.5 Å². The van der Waals surface area contributed by atoms with Crippen LogP contribution in [0.3, 0.4) is 0 Å². The van der Waals surface area contributed by atoms with Gasteiger partial charge < -0.3 is 64.5 Å². The summed E-state index contributed by atoms with van der Waals surface area (Å²) < 4.78 is 56.1. The topological polar surface area (TPSA) is 228 Å². The number of rotatable bonds is 13. The number of ether oxygens (including phenoxy) is 1. The van der Waals surface area contributed by atoms with Crippen molar-refractivity contribution in [3.63, 3.8) is 0 Å². The zero-order valence-corrected chi connectivity index (χ0v) is 51.3. The van der Waals surface area contributed by atoms with E-state index in [0.29, 0.717) is 94.8 Å². The van der Waals surface area contributed by atoms with Crippen molar-refractivity contribution in [3.05, 3.63) is 184 Å². The van der Waals surface area contributed by atoms with Gasteiger partial charge in [-0.1, -0.05) is 42.6 Å². The number of benzene rings is 4. The van der Waals surface area contributed by atoms with E-state index in [2.05, 4.69) is 34.1 Å². The van der Waals surface area contributed by atoms with Gasteiger partial charge in [0, 0.05) is 88.6 Å². The molecule has 0 amide bonds. The molecule has 13 rings (SSSR count). The van der Waals surface area contributed by atoms with Gasteiger partial charge in [-0.2, -0.15) is 6.42 Å². The molecule has 1 atom stereocenters. The Labute approximate surface area is 530 Å². The minimum absolute atomic E-state index is 0. The van der Waals surface area contributed by atoms with E-state index in [1.54, 1.807) is 82.1 Å². The number of phenols is 1. The summed E-state index contributed by atoms with van der Waals surface area (Å²) in [4.78, 5) is 55.6. The fraction of sp³-hybridized carbons (Fsp3) is 0.227. The zero-order chi connectivity index (χ0) is 62.7. The van der Waals surface area contributed by atoms with Gasteiger partial charge in [0.25, 0.3) is 0 Å². The van der Waals surface area contributed by atoms with Crippen molar-refractivity contribution in [2.45, 2.75) is 52.4 Å². The Bertz CT molecular complexity index is 4780. The number of unbranched alkanes of at least 4 members (excludes halogenated alkanes) is 1. The fourth-order valence-electron chi connectivity index (χ4n) is 10.5. The quantitative estimate of drug-likeness (QED) is 0.0210. The first-order valence-electron chi connectivity index (χ1n) is 28.0. The number of esters is 1. The van der Waals surface area contributed by atoms with Crippen LogP contribution in [0, 0.1) is 18.6 Å². The second-order valence-electron chi connectivity index (χ2n) is 21.3. The van der Waals surface area contributed by atoms with E-state index in [4.69, 9.17) is 46.3 Å². The number of carbonyl (C=O) groups is 2. The third kappa shape index (κ3) is 13.5. The van der Waals surface area contributed by atoms with E-state index in [0.717, 1.165) is 23.7 Å². The second kappa shape index (κ2) is 28.0. The summed E-state index contributed by atoms with van der Waals surface area (Å²) in [5, 5.41) is 36.6. The fourth-order valence-corrected chi connectivity index (χ4v) is 10.9. The smallest absolute Gasteiger partial charge is 0.508 e. The number of halogens is 4. The molecule has 1 aliphatic heterocycles. The standard InChI is InChI=1S/C30H26ClFN4O4.C28H15ClFN3O5.C4H11NO.C4H9.Li/c1-35(2)10-7-24(38)27-25(20-4-3-9-33-30(20)39)26-23(14-21(32)19-8-11-40-28(19)26)36(27)15-17-12-16-5-6-18(37)13-22(16)34-29(17)31;1-13(34)37-16-5-4-14-9-15(26(29)32-20(14)10-16)12-33-21-11-19(30)17-6-8-36-25(17)23(21)22-18-3-2-7-31-27(18)38-28(35)24(22)33;1-5(2)3-4-6;1-3-4-2;/h3-6,8-9,11-14,30,33,37,39H,7,10,15H2,1-2H3;2-11H,12H2,1H3;6H,3-4H2,1-2H3;1,3-4H2,2H3;/q;;;-1;+1. The molecular formula is C66H61Cl2F2LiN8O10. The summed E-state index contributed by atoms with van der Waals surface area (Å²) in [7, 11) is 7.62. The average molecular weight is 1240 g/mol. The number of phenolic OH excluding ortho intramolecular Hbond substituents is 1. The molecule has 12 aromatic rings. The molecule has 4 N–H and O–H groups in total. The third-order valence-electron chi connectivity index (χ3n) is 14.6. The van der Waals surface area contributed by atoms with E-state index < -0.39 is 29.5 Å². The predicted octanol–water partition coefficient (Wildman–Crippen LogP) is 9.96. The number of Topliss-reactive ketones (excluding diaryl/α,β-unsaturated/α-hetero) is 1. The van der Waals surface area contributed by atoms with Gasteiger partial charge in [0.2, 0.25) is 5.71 Å². The number of allylic oxidation sites excluding steroid dienone is 2. The van der Waals surface area contributed by atoms with Crippen molar-refractivity contribution in [1.29, 1.82) is 0 Å². The number of nitrogens with one attached hydrogen (secondary N) is 1. The molecule has 1 unspecified atom stereocenters. The molecule has 0 fully saturated rings. The molecule has 8 aromatic heterocycles. The Balaban J connectivity index is 0.000000182. The van der Waals surface area contributed by atoms with E-state index in [-0.39, 0.29) is 89.0 Å². The van der Waals surface area contributed by atoms with Gasteiger partial charge in [-0.05, 0) is 113 Å². The van der Waals surface area contributed by atoms with Crippen LogP contribution >= 0.6 is 23.2 Å². The van der Waals surface area contributed by atoms with Crippen LogP contribution in [0.15, 0.2) is 140 Å². The number of aromatic nitrogens is 5. The van der Waals surface area contributed by atoms with E-state index >= 15 is 8.78 Å². The molecule has 18 nitrogen and oxygen atoms in total. The number of nitrogens with zero attached hydrogens (tertiary/aromatic N) is 7. The number of carbonyl (C=O) groups excluding carboxylic acids is 2. The molecule has 0 aliphatic carbocycles. The molecule has 454 valence electrons. The third-order valence-corrected chi connectivity index (χ3v) is 15.2. The largest absolute Gasteiger partial charge is 1.00 e. The summed E-state index contributed by atoms with van der Waals surface area (Å²) in [5.41, 5.74) is 4.70. The van der Waals surface area contributed by atoms with Crippen LogP contribution in [0.5, 0.6) is 11.5 Å². The van der Waals surface area contributed by atoms with Gasteiger partial charge in [-0.15, -0.1) is 0 Å². The summed E-state index contributed by atoms with van der Waals surface area (Å²) in [6, 6.07) is 22.9. The molecule has 0 radical (unpaired) electrons. The summed E-state index contributed by atoms with van der Waals surface area (Å²) in [6.45, 7) is 8.74. The number of hydrogen-bond acceptors (Lipinski definition) is 16. The number of fused-ring (bicyclic) bond motifs is 12. The Kier molecular flexibility index (Phi) is 20.4. The maximum absolute atomic E-state index is 15.4. The maximum Gasteiger partial charge on any atom is 1.00 e. The molecule has 0 saturated carbocycles. The molecule has 0 saturated heterocycles. The van der Waals surface area contributed by atoms with Crippen molar-refractivity contribution in [3.8, 4) is 11.5 Å². The molecule has 4 aromatic carbocycles. The van der Waals surface area contributed by atoms with Crippen LogP contribution in [0.4, 0.5) is 8.78 Å². The predicted molar refractivity (Wildman–Crippen MR) is 339 cm³/mol. The van der Waals surface area contributed by atoms with Crippen LogP contribution in [-0.4, -0.2) is 115 Å². The van der Waals surface area contributed by atoms with Gasteiger partial charge in [0.15, 0.2) is 12.0 Å². The van der Waals surface area contributed by atoms with Gasteiger partial charge in [0.1, 0.15) is 50.1 Å². The normalized spacial score (nSPS) is 13.0. The van der Waals surface area contributed by atoms with Crippen molar-refractivity contribution >= 4 is 128 Å². The number of hydrogen-bond donors (Lipinski definition) is 4. The Morgan fingerprint density at radius 2 is 1.39 bits per heavy atom. The van der Waals surface area contributed by atoms with Crippen LogP contribution in [0.2, 0.25) is 10.3 Å². The molecule has 23 heteroatoms. The number of furan rings is 2. The summed E-state index contributed by atoms with van der Waals surface area (Å²) >= 11 is 13.2. The first-order chi connectivity index (χ1) is 42.3. The first-order valence-corrected chi connectivity index (χ1v) is 28.8. The number of ketones is 1. The number of aliphatic hydroxyl groups excluding tert-OH is 2. The maximum atomic E-state index is 15.4. The summed E-state index contributed by atoms with van der Waals surface area (Å²) in [5.74, 6) is -1.20. The van der Waals surface area contributed by atoms with Crippen LogP contribution in [0.1, 0.15) is 60.3 Å². The van der Waals surface area contributed by atoms with E-state index in [1.165, 1.54) is 50.3 Å². The molecule has 1 aliphatic rings. The Hall–Kier alpha value is -8.42. The van der Waals surface area contributed by atoms with Gasteiger partial charge in [-0.3, -0.25) is 9.59 Å². The molecule has 89 heavy (non-hydrogen) atoms. The number of likely N-dealkylation sites (N-methyl/N-ethyl adjacent to an activating group) is 1. The van der Waals surface area contributed by atoms with Crippen molar-refractivity contribution in [1.82, 2.24) is 39.2 Å². The molecule has 0 bridgehead atoms. The SMILES string of the molecule is CC(=O)Oc1ccc2cc(Cn3c4cc(F)c5ccoc5c4c4c5cccnc5oc(=O)c43)c(Cl)nc2c1.CN(C)CCC(=O)c1c(C2=CC=CNC2O)c2c3occc3c(F)cc2n1Cc1cc2ccc(O)cc2nc1Cl.CN(C)CCO.[CH2-]CCC.[Li+].